The Morgan fingerprint density at radius 2 is 2.00 bits per heavy atom. The van der Waals surface area contributed by atoms with Crippen molar-refractivity contribution in [3.05, 3.63) is 46.6 Å². The Hall–Kier alpha value is -2.22. The molecule has 1 aromatic carbocycles. The lowest BCUT2D eigenvalue weighted by atomic mass is 9.97. The van der Waals surface area contributed by atoms with Gasteiger partial charge in [0.25, 0.3) is 0 Å². The number of carboxylic acid groups (broad SMARTS) is 1. The normalized spacial score (nSPS) is 20.7. The fourth-order valence-corrected chi connectivity index (χ4v) is 2.88. The number of nitrogens with zero attached hydrogens (tertiary/aromatic N) is 2. The number of carbonyl (C=O) groups is 1. The maximum atomic E-state index is 13.4. The van der Waals surface area contributed by atoms with Crippen molar-refractivity contribution in [2.24, 2.45) is 0 Å². The zero-order valence-corrected chi connectivity index (χ0v) is 12.2. The fourth-order valence-electron chi connectivity index (χ4n) is 2.62. The molecule has 1 N–H and O–H groups in total. The summed E-state index contributed by atoms with van der Waals surface area (Å²) in [6.45, 7) is 0. The average molecular weight is 345 g/mol. The number of nitrogens with one attached hydrogen (secondary N) is 1. The van der Waals surface area contributed by atoms with E-state index < -0.39 is 29.9 Å². The van der Waals surface area contributed by atoms with Crippen LogP contribution in [0.2, 0.25) is 5.02 Å². The second-order valence-electron chi connectivity index (χ2n) is 5.14. The third-order valence-electron chi connectivity index (χ3n) is 3.69. The molecular weight excluding hydrogens is 335 g/mol. The topological polar surface area (TPSA) is 70.0 Å². The number of anilines is 1. The van der Waals surface area contributed by atoms with Crippen molar-refractivity contribution < 1.29 is 23.1 Å². The van der Waals surface area contributed by atoms with Crippen molar-refractivity contribution in [1.82, 2.24) is 9.78 Å². The molecule has 0 aliphatic carbocycles. The molecule has 0 amide bonds. The van der Waals surface area contributed by atoms with Gasteiger partial charge in [-0.25, -0.2) is 4.68 Å². The zero-order chi connectivity index (χ0) is 16.8. The van der Waals surface area contributed by atoms with E-state index in [0.717, 1.165) is 0 Å². The van der Waals surface area contributed by atoms with Gasteiger partial charge in [0.1, 0.15) is 16.5 Å². The van der Waals surface area contributed by atoms with E-state index in [-0.39, 0.29) is 17.3 Å². The summed E-state index contributed by atoms with van der Waals surface area (Å²) in [5.41, 5.74) is -0.0719. The van der Waals surface area contributed by atoms with Gasteiger partial charge in [0.2, 0.25) is 0 Å². The molecule has 2 heterocycles. The highest BCUT2D eigenvalue weighted by atomic mass is 35.5. The Morgan fingerprint density at radius 3 is 2.57 bits per heavy atom. The SMILES string of the molecule is O=C([O-])c1nn2c(c1Cl)N[C@H](c1ccccc1)C[C@H]2C(F)(F)F. The molecule has 122 valence electrons. The van der Waals surface area contributed by atoms with Gasteiger partial charge in [-0.1, -0.05) is 41.9 Å². The number of carboxylic acids is 1. The van der Waals surface area contributed by atoms with Crippen molar-refractivity contribution in [2.45, 2.75) is 24.7 Å². The van der Waals surface area contributed by atoms with Crippen LogP contribution in [0.3, 0.4) is 0 Å². The van der Waals surface area contributed by atoms with Gasteiger partial charge in [0.05, 0.1) is 12.0 Å². The lowest BCUT2D eigenvalue weighted by molar-refractivity contribution is -0.255. The summed E-state index contributed by atoms with van der Waals surface area (Å²) >= 11 is 5.87. The Labute approximate surface area is 133 Å². The zero-order valence-electron chi connectivity index (χ0n) is 11.5. The lowest BCUT2D eigenvalue weighted by Crippen LogP contribution is -2.36. The predicted molar refractivity (Wildman–Crippen MR) is 74.1 cm³/mol. The van der Waals surface area contributed by atoms with Crippen LogP contribution in [-0.4, -0.2) is 21.9 Å². The van der Waals surface area contributed by atoms with Crippen LogP contribution >= 0.6 is 11.6 Å². The number of carbonyl (C=O) groups excluding carboxylic acids is 1. The smallest absolute Gasteiger partial charge is 0.410 e. The molecule has 1 aliphatic heterocycles. The lowest BCUT2D eigenvalue weighted by Gasteiger charge is -2.33. The number of hydrogen-bond donors (Lipinski definition) is 1. The first-order valence-corrected chi connectivity index (χ1v) is 7.04. The third-order valence-corrected chi connectivity index (χ3v) is 4.05. The van der Waals surface area contributed by atoms with Crippen LogP contribution in [0.15, 0.2) is 30.3 Å². The van der Waals surface area contributed by atoms with E-state index >= 15 is 0 Å². The molecular formula is C14H10ClF3N3O2-. The first kappa shape index (κ1) is 15.7. The Bertz CT molecular complexity index is 746. The van der Waals surface area contributed by atoms with Gasteiger partial charge >= 0.3 is 6.18 Å². The Morgan fingerprint density at radius 1 is 1.35 bits per heavy atom. The van der Waals surface area contributed by atoms with Gasteiger partial charge in [-0.3, -0.25) is 0 Å². The highest BCUT2D eigenvalue weighted by Gasteiger charge is 2.47. The first-order chi connectivity index (χ1) is 10.8. The molecule has 0 unspecified atom stereocenters. The number of aromatic carboxylic acids is 1. The van der Waals surface area contributed by atoms with E-state index in [1.54, 1.807) is 30.3 Å². The second-order valence-corrected chi connectivity index (χ2v) is 5.52. The summed E-state index contributed by atoms with van der Waals surface area (Å²) in [7, 11) is 0. The molecule has 3 rings (SSSR count). The van der Waals surface area contributed by atoms with Crippen LogP contribution in [0.1, 0.15) is 34.6 Å². The summed E-state index contributed by atoms with van der Waals surface area (Å²) in [6.07, 6.45) is -4.92. The molecule has 0 radical (unpaired) electrons. The molecule has 0 saturated carbocycles. The largest absolute Gasteiger partial charge is 0.543 e. The number of halogens is 4. The molecule has 0 fully saturated rings. The number of alkyl halides is 3. The summed E-state index contributed by atoms with van der Waals surface area (Å²) in [5.74, 6) is -1.90. The van der Waals surface area contributed by atoms with Crippen LogP contribution in [0.4, 0.5) is 19.0 Å². The predicted octanol–water partition coefficient (Wildman–Crippen LogP) is 2.56. The van der Waals surface area contributed by atoms with Crippen molar-refractivity contribution in [2.75, 3.05) is 5.32 Å². The van der Waals surface area contributed by atoms with E-state index in [9.17, 15) is 23.1 Å². The van der Waals surface area contributed by atoms with Crippen LogP contribution in [0.25, 0.3) is 0 Å². The quantitative estimate of drug-likeness (QED) is 0.909. The molecule has 9 heteroatoms. The first-order valence-electron chi connectivity index (χ1n) is 6.66. The van der Waals surface area contributed by atoms with Gasteiger partial charge < -0.3 is 15.2 Å². The molecule has 2 atom stereocenters. The molecule has 5 nitrogen and oxygen atoms in total. The van der Waals surface area contributed by atoms with Gasteiger partial charge in [0.15, 0.2) is 6.04 Å². The summed E-state index contributed by atoms with van der Waals surface area (Å²) in [6, 6.07) is 5.89. The third kappa shape index (κ3) is 2.74. The van der Waals surface area contributed by atoms with E-state index in [0.29, 0.717) is 10.2 Å². The number of benzene rings is 1. The molecule has 0 saturated heterocycles. The highest BCUT2D eigenvalue weighted by molar-refractivity contribution is 6.35. The number of rotatable bonds is 2. The monoisotopic (exact) mass is 344 g/mol. The standard InChI is InChI=1S/C14H11ClF3N3O2/c15-10-11(13(22)23)20-21-9(14(16,17)18)6-8(19-12(10)21)7-4-2-1-3-5-7/h1-5,8-9,19H,6H2,(H,22,23)/p-1/t8-,9-/m0/s1. The number of aromatic nitrogens is 2. The van der Waals surface area contributed by atoms with Crippen LogP contribution < -0.4 is 10.4 Å². The van der Waals surface area contributed by atoms with Crippen molar-refractivity contribution >= 4 is 23.4 Å². The van der Waals surface area contributed by atoms with Gasteiger partial charge in [-0.2, -0.15) is 18.3 Å². The number of hydrogen-bond acceptors (Lipinski definition) is 4. The minimum absolute atomic E-state index is 0.173. The fraction of sp³-hybridized carbons (Fsp3) is 0.286. The van der Waals surface area contributed by atoms with E-state index in [4.69, 9.17) is 11.6 Å². The summed E-state index contributed by atoms with van der Waals surface area (Å²) in [4.78, 5) is 11.0. The van der Waals surface area contributed by atoms with Crippen molar-refractivity contribution in [1.29, 1.82) is 0 Å². The summed E-state index contributed by atoms with van der Waals surface area (Å²) < 4.78 is 40.6. The molecule has 1 aromatic heterocycles. The van der Waals surface area contributed by atoms with Gasteiger partial charge in [0, 0.05) is 6.42 Å². The minimum Gasteiger partial charge on any atom is -0.543 e. The van der Waals surface area contributed by atoms with Crippen molar-refractivity contribution in [3.63, 3.8) is 0 Å². The van der Waals surface area contributed by atoms with Gasteiger partial charge in [-0.05, 0) is 5.56 Å². The van der Waals surface area contributed by atoms with Crippen molar-refractivity contribution in [3.8, 4) is 0 Å². The van der Waals surface area contributed by atoms with Crippen LogP contribution in [0.5, 0.6) is 0 Å². The highest BCUT2D eigenvalue weighted by Crippen LogP contribution is 2.46. The maximum absolute atomic E-state index is 13.4. The molecule has 23 heavy (non-hydrogen) atoms. The Kier molecular flexibility index (Phi) is 3.71. The number of fused-ring (bicyclic) bond motifs is 1. The maximum Gasteiger partial charge on any atom is 0.410 e. The van der Waals surface area contributed by atoms with E-state index in [1.807, 2.05) is 0 Å². The molecule has 0 spiro atoms. The van der Waals surface area contributed by atoms with Crippen LogP contribution in [-0.2, 0) is 0 Å². The minimum atomic E-state index is -4.59. The van der Waals surface area contributed by atoms with E-state index in [1.165, 1.54) is 0 Å². The second kappa shape index (κ2) is 5.45. The molecule has 1 aliphatic rings. The summed E-state index contributed by atoms with van der Waals surface area (Å²) in [5, 5.41) is 16.9. The molecule has 0 bridgehead atoms. The average Bonchev–Trinajstić information content (AvgIpc) is 2.84. The molecule has 2 aromatic rings. The van der Waals surface area contributed by atoms with Crippen LogP contribution in [0, 0.1) is 0 Å². The Balaban J connectivity index is 2.10. The van der Waals surface area contributed by atoms with E-state index in [2.05, 4.69) is 10.4 Å². The van der Waals surface area contributed by atoms with Gasteiger partial charge in [-0.15, -0.1) is 0 Å².